The van der Waals surface area contributed by atoms with E-state index < -0.39 is 36.4 Å². The molecule has 0 aromatic heterocycles. The van der Waals surface area contributed by atoms with E-state index in [2.05, 4.69) is 0 Å². The average Bonchev–Trinajstić information content (AvgIpc) is 1.82. The smallest absolute Gasteiger partial charge is 1.00 e. The molecule has 0 atom stereocenters. The van der Waals surface area contributed by atoms with Gasteiger partial charge in [-0.05, 0) is 0 Å². The van der Waals surface area contributed by atoms with Gasteiger partial charge in [0.15, 0.2) is 5.60 Å². The minimum atomic E-state index is -2.74. The molecule has 0 unspecified atom stereocenters. The molecule has 11 heteroatoms. The average molecular weight is 312 g/mol. The fourth-order valence-corrected chi connectivity index (χ4v) is 0.714. The van der Waals surface area contributed by atoms with Gasteiger partial charge in [-0.3, -0.25) is 9.59 Å². The third kappa shape index (κ3) is 13.0. The van der Waals surface area contributed by atoms with Crippen LogP contribution in [0.1, 0.15) is 18.5 Å². The van der Waals surface area contributed by atoms with Gasteiger partial charge in [0.2, 0.25) is 0 Å². The van der Waals surface area contributed by atoms with Gasteiger partial charge in [-0.2, -0.15) is 0 Å². The molecule has 0 amide bonds. The van der Waals surface area contributed by atoms with Gasteiger partial charge in [-0.1, -0.05) is 0 Å². The summed E-state index contributed by atoms with van der Waals surface area (Å²) in [5, 5.41) is 33.8. The van der Waals surface area contributed by atoms with Gasteiger partial charge in [0.25, 0.3) is 0 Å². The Hall–Kier alpha value is 0.809. The summed E-state index contributed by atoms with van der Waals surface area (Å²) in [6.07, 6.45) is -2.29. The Morgan fingerprint density at radius 2 is 1.12 bits per heavy atom. The summed E-state index contributed by atoms with van der Waals surface area (Å²) in [6, 6.07) is 0. The molecule has 9 nitrogen and oxygen atoms in total. The molecule has 0 aliphatic heterocycles. The molecule has 0 aliphatic carbocycles. The van der Waals surface area contributed by atoms with E-state index in [1.54, 1.807) is 0 Å². The largest absolute Gasteiger partial charge is 2.00 e. The molecule has 0 saturated heterocycles. The Morgan fingerprint density at radius 3 is 1.24 bits per heavy atom. The Labute approximate surface area is 161 Å². The molecule has 0 heterocycles. The maximum Gasteiger partial charge on any atom is 2.00 e. The fraction of sp³-hybridized carbons (Fsp3) is 0.500. The number of carboxylic acids is 3. The quantitative estimate of drug-likeness (QED) is 0.383. The summed E-state index contributed by atoms with van der Waals surface area (Å²) in [7, 11) is 0. The van der Waals surface area contributed by atoms with Crippen LogP contribution in [0.2, 0.25) is 0 Å². The van der Waals surface area contributed by atoms with E-state index in [-0.39, 0.29) is 92.1 Å². The molecule has 0 aromatic carbocycles. The summed E-state index contributed by atoms with van der Waals surface area (Å²) in [5.41, 5.74) is -2.74. The van der Waals surface area contributed by atoms with Gasteiger partial charge < -0.3 is 37.1 Å². The first-order valence-electron chi connectivity index (χ1n) is 3.17. The van der Waals surface area contributed by atoms with Crippen LogP contribution in [-0.2, 0) is 14.4 Å². The number of carbonyl (C=O) groups is 3. The standard InChI is InChI=1S/C6H8O7.2Ca.2H2O.4H/c7-3(8)1-6(13,5(11)12)2-4(9)10;;;;;;;;/h13H,1-2H2,(H,7,8)(H,9,10)(H,11,12);;;2*1H2;;;;/q;2*+2;;;4*-1. The predicted octanol–water partition coefficient (Wildman–Crippen LogP) is -3.21. The van der Waals surface area contributed by atoms with Crippen LogP contribution in [0.4, 0.5) is 0 Å². The Kier molecular flexibility index (Phi) is 23.9. The maximum absolute atomic E-state index is 10.3. The molecule has 0 bridgehead atoms. The number of hydrogen-bond donors (Lipinski definition) is 4. The van der Waals surface area contributed by atoms with Crippen LogP contribution >= 0.6 is 0 Å². The molecule has 17 heavy (non-hydrogen) atoms. The van der Waals surface area contributed by atoms with Crippen molar-refractivity contribution in [3.05, 3.63) is 0 Å². The zero-order valence-corrected chi connectivity index (χ0v) is 13.3. The van der Waals surface area contributed by atoms with Crippen LogP contribution in [0.15, 0.2) is 0 Å². The number of aliphatic carboxylic acids is 3. The van der Waals surface area contributed by atoms with E-state index >= 15 is 0 Å². The number of aliphatic hydroxyl groups is 1. The maximum atomic E-state index is 10.3. The van der Waals surface area contributed by atoms with Crippen LogP contribution < -0.4 is 0 Å². The third-order valence-electron chi connectivity index (χ3n) is 1.29. The summed E-state index contributed by atoms with van der Waals surface area (Å²) >= 11 is 0. The molecular weight excluding hydrogens is 296 g/mol. The van der Waals surface area contributed by atoms with E-state index in [4.69, 9.17) is 20.4 Å². The molecule has 0 fully saturated rings. The zero-order chi connectivity index (χ0) is 10.6. The van der Waals surface area contributed by atoms with Crippen molar-refractivity contribution in [2.24, 2.45) is 0 Å². The van der Waals surface area contributed by atoms with E-state index in [9.17, 15) is 14.4 Å². The minimum absolute atomic E-state index is 0. The summed E-state index contributed by atoms with van der Waals surface area (Å²) in [5.74, 6) is -5.02. The van der Waals surface area contributed by atoms with Crippen LogP contribution in [0.25, 0.3) is 0 Å². The molecule has 0 spiro atoms. The fourth-order valence-electron chi connectivity index (χ4n) is 0.714. The Balaban J connectivity index is -0.0000000257. The van der Waals surface area contributed by atoms with Gasteiger partial charge >= 0.3 is 93.4 Å². The van der Waals surface area contributed by atoms with Crippen molar-refractivity contribution in [1.29, 1.82) is 0 Å². The van der Waals surface area contributed by atoms with Gasteiger partial charge in [0.05, 0.1) is 12.8 Å². The second kappa shape index (κ2) is 13.2. The van der Waals surface area contributed by atoms with Crippen molar-refractivity contribution in [3.63, 3.8) is 0 Å². The molecular formula is C6H16Ca2O9. The topological polar surface area (TPSA) is 195 Å². The van der Waals surface area contributed by atoms with Gasteiger partial charge in [-0.25, -0.2) is 4.79 Å². The Bertz CT molecular complexity index is 253. The van der Waals surface area contributed by atoms with Crippen LogP contribution in [0.5, 0.6) is 0 Å². The monoisotopic (exact) mass is 312 g/mol. The van der Waals surface area contributed by atoms with Crippen molar-refractivity contribution >= 4 is 93.4 Å². The van der Waals surface area contributed by atoms with Gasteiger partial charge in [0, 0.05) is 0 Å². The predicted molar refractivity (Wildman–Crippen MR) is 60.3 cm³/mol. The van der Waals surface area contributed by atoms with Crippen molar-refractivity contribution in [2.75, 3.05) is 0 Å². The van der Waals surface area contributed by atoms with Gasteiger partial charge in [0.1, 0.15) is 0 Å². The number of carboxylic acid groups (broad SMARTS) is 3. The number of hydrogen-bond acceptors (Lipinski definition) is 4. The van der Waals surface area contributed by atoms with E-state index in [0.717, 1.165) is 0 Å². The second-order valence-corrected chi connectivity index (χ2v) is 2.48. The van der Waals surface area contributed by atoms with Crippen LogP contribution in [0.3, 0.4) is 0 Å². The molecule has 0 aliphatic rings. The molecule has 0 rings (SSSR count). The zero-order valence-electron chi connectivity index (χ0n) is 12.8. The number of rotatable bonds is 5. The van der Waals surface area contributed by atoms with E-state index in [1.165, 1.54) is 0 Å². The molecule has 0 radical (unpaired) electrons. The van der Waals surface area contributed by atoms with Crippen molar-refractivity contribution in [3.8, 4) is 0 Å². The van der Waals surface area contributed by atoms with Gasteiger partial charge in [-0.15, -0.1) is 0 Å². The summed E-state index contributed by atoms with van der Waals surface area (Å²) in [4.78, 5) is 30.5. The minimum Gasteiger partial charge on any atom is -1.00 e. The molecule has 0 saturated carbocycles. The first-order valence-corrected chi connectivity index (χ1v) is 3.17. The molecule has 0 aromatic rings. The third-order valence-corrected chi connectivity index (χ3v) is 1.29. The summed E-state index contributed by atoms with van der Waals surface area (Å²) < 4.78 is 0. The molecule has 98 valence electrons. The van der Waals surface area contributed by atoms with Crippen molar-refractivity contribution in [2.45, 2.75) is 18.4 Å². The normalized spacial score (nSPS) is 8.29. The van der Waals surface area contributed by atoms with Crippen LogP contribution in [0, 0.1) is 0 Å². The van der Waals surface area contributed by atoms with E-state index in [0.29, 0.717) is 0 Å². The van der Waals surface area contributed by atoms with Crippen LogP contribution in [-0.4, -0.2) is 130 Å². The first-order chi connectivity index (χ1) is 5.78. The first kappa shape index (κ1) is 30.7. The van der Waals surface area contributed by atoms with Crippen molar-refractivity contribution in [1.82, 2.24) is 0 Å². The SMILES string of the molecule is O.O.O=C(O)CC(O)(CC(=O)O)C(=O)O.[Ca+2].[Ca+2].[H-].[H-].[H-].[H-]. The summed E-state index contributed by atoms with van der Waals surface area (Å²) in [6.45, 7) is 0. The van der Waals surface area contributed by atoms with Crippen molar-refractivity contribution < 1.29 is 51.5 Å². The molecule has 8 N–H and O–H groups in total. The Morgan fingerprint density at radius 1 is 0.882 bits per heavy atom. The van der Waals surface area contributed by atoms with E-state index in [1.807, 2.05) is 0 Å². The second-order valence-electron chi connectivity index (χ2n) is 2.48.